The SMILES string of the molecule is O=C(COc1ccc(C(=O)c2ccccc2)cc1)Nc1cccc(-c2ccc3nnc(-c4cccnc4)n3n2)c1. The third-order valence-corrected chi connectivity index (χ3v) is 6.15. The number of pyridine rings is 1. The monoisotopic (exact) mass is 526 g/mol. The van der Waals surface area contributed by atoms with E-state index in [1.165, 1.54) is 0 Å². The zero-order valence-corrected chi connectivity index (χ0v) is 21.1. The maximum atomic E-state index is 12.6. The van der Waals surface area contributed by atoms with Crippen LogP contribution in [-0.4, -0.2) is 43.1 Å². The molecule has 9 heteroatoms. The fourth-order valence-corrected chi connectivity index (χ4v) is 4.18. The van der Waals surface area contributed by atoms with Crippen molar-refractivity contribution in [3.8, 4) is 28.4 Å². The number of ketones is 1. The fourth-order valence-electron chi connectivity index (χ4n) is 4.18. The number of ether oxygens (including phenoxy) is 1. The van der Waals surface area contributed by atoms with E-state index in [4.69, 9.17) is 9.84 Å². The number of hydrogen-bond acceptors (Lipinski definition) is 7. The molecule has 3 aromatic heterocycles. The van der Waals surface area contributed by atoms with Crippen LogP contribution >= 0.6 is 0 Å². The molecule has 0 atom stereocenters. The van der Waals surface area contributed by atoms with Crippen LogP contribution in [0, 0.1) is 0 Å². The summed E-state index contributed by atoms with van der Waals surface area (Å²) in [7, 11) is 0. The number of fused-ring (bicyclic) bond motifs is 1. The minimum atomic E-state index is -0.317. The molecule has 40 heavy (non-hydrogen) atoms. The molecular weight excluding hydrogens is 504 g/mol. The summed E-state index contributed by atoms with van der Waals surface area (Å²) in [6.45, 7) is -0.185. The highest BCUT2D eigenvalue weighted by Crippen LogP contribution is 2.23. The highest BCUT2D eigenvalue weighted by molar-refractivity contribution is 6.09. The first-order valence-corrected chi connectivity index (χ1v) is 12.5. The van der Waals surface area contributed by atoms with Crippen molar-refractivity contribution >= 4 is 23.0 Å². The smallest absolute Gasteiger partial charge is 0.262 e. The van der Waals surface area contributed by atoms with E-state index in [2.05, 4.69) is 20.5 Å². The molecule has 1 N–H and O–H groups in total. The molecule has 0 aliphatic rings. The van der Waals surface area contributed by atoms with Crippen molar-refractivity contribution < 1.29 is 14.3 Å². The molecule has 0 unspecified atom stereocenters. The predicted molar refractivity (Wildman–Crippen MR) is 150 cm³/mol. The van der Waals surface area contributed by atoms with Crippen LogP contribution in [-0.2, 0) is 4.79 Å². The van der Waals surface area contributed by atoms with Crippen LogP contribution in [0.3, 0.4) is 0 Å². The van der Waals surface area contributed by atoms with Gasteiger partial charge in [-0.25, -0.2) is 0 Å². The number of benzene rings is 3. The van der Waals surface area contributed by atoms with E-state index in [1.807, 2.05) is 60.7 Å². The van der Waals surface area contributed by atoms with Crippen LogP contribution in [0.25, 0.3) is 28.3 Å². The van der Waals surface area contributed by atoms with E-state index in [1.54, 1.807) is 59.4 Å². The number of aromatic nitrogens is 5. The van der Waals surface area contributed by atoms with E-state index in [0.29, 0.717) is 39.7 Å². The summed E-state index contributed by atoms with van der Waals surface area (Å²) >= 11 is 0. The van der Waals surface area contributed by atoms with Gasteiger partial charge in [0.15, 0.2) is 23.9 Å². The topological polar surface area (TPSA) is 111 Å². The summed E-state index contributed by atoms with van der Waals surface area (Å²) in [5.74, 6) is 0.687. The highest BCUT2D eigenvalue weighted by atomic mass is 16.5. The Labute approximate surface area is 229 Å². The first-order valence-electron chi connectivity index (χ1n) is 12.5. The Morgan fingerprint density at radius 2 is 1.57 bits per heavy atom. The quantitative estimate of drug-likeness (QED) is 0.275. The van der Waals surface area contributed by atoms with Crippen molar-refractivity contribution in [3.05, 3.63) is 127 Å². The van der Waals surface area contributed by atoms with Gasteiger partial charge in [0.2, 0.25) is 0 Å². The van der Waals surface area contributed by atoms with Crippen molar-refractivity contribution in [1.29, 1.82) is 0 Å². The zero-order valence-electron chi connectivity index (χ0n) is 21.1. The van der Waals surface area contributed by atoms with E-state index >= 15 is 0 Å². The Kier molecular flexibility index (Phi) is 6.75. The molecule has 3 aromatic carbocycles. The number of anilines is 1. The van der Waals surface area contributed by atoms with Crippen molar-refractivity contribution in [3.63, 3.8) is 0 Å². The minimum absolute atomic E-state index is 0.0731. The molecule has 6 rings (SSSR count). The Bertz CT molecular complexity index is 1800. The number of nitrogens with one attached hydrogen (secondary N) is 1. The number of amides is 1. The molecule has 0 radical (unpaired) electrons. The number of nitrogens with zero attached hydrogens (tertiary/aromatic N) is 5. The lowest BCUT2D eigenvalue weighted by Crippen LogP contribution is -2.20. The predicted octanol–water partition coefficient (Wildman–Crippen LogP) is 5.10. The van der Waals surface area contributed by atoms with Gasteiger partial charge in [-0.15, -0.1) is 10.2 Å². The average Bonchev–Trinajstić information content (AvgIpc) is 3.44. The van der Waals surface area contributed by atoms with Crippen molar-refractivity contribution in [2.45, 2.75) is 0 Å². The second-order valence-electron chi connectivity index (χ2n) is 8.89. The Balaban J connectivity index is 1.11. The van der Waals surface area contributed by atoms with Crippen molar-refractivity contribution in [2.24, 2.45) is 0 Å². The lowest BCUT2D eigenvalue weighted by atomic mass is 10.0. The number of carbonyl (C=O) groups excluding carboxylic acids is 2. The second-order valence-corrected chi connectivity index (χ2v) is 8.89. The van der Waals surface area contributed by atoms with Crippen LogP contribution < -0.4 is 10.1 Å². The molecular formula is C31H22N6O3. The first kappa shape index (κ1) is 24.6. The van der Waals surface area contributed by atoms with E-state index < -0.39 is 0 Å². The molecule has 194 valence electrons. The maximum Gasteiger partial charge on any atom is 0.262 e. The lowest BCUT2D eigenvalue weighted by molar-refractivity contribution is -0.118. The third-order valence-electron chi connectivity index (χ3n) is 6.15. The number of carbonyl (C=O) groups is 2. The van der Waals surface area contributed by atoms with Crippen molar-refractivity contribution in [1.82, 2.24) is 24.8 Å². The van der Waals surface area contributed by atoms with Crippen molar-refractivity contribution in [2.75, 3.05) is 11.9 Å². The van der Waals surface area contributed by atoms with E-state index in [0.717, 1.165) is 11.1 Å². The van der Waals surface area contributed by atoms with Gasteiger partial charge < -0.3 is 10.1 Å². The van der Waals surface area contributed by atoms with Crippen LogP contribution in [0.1, 0.15) is 15.9 Å². The first-order chi connectivity index (χ1) is 19.6. The summed E-state index contributed by atoms with van der Waals surface area (Å²) < 4.78 is 7.30. The molecule has 0 aliphatic heterocycles. The van der Waals surface area contributed by atoms with Gasteiger partial charge in [-0.05, 0) is 60.7 Å². The Hall–Kier alpha value is -5.70. The zero-order chi connectivity index (χ0) is 27.3. The largest absolute Gasteiger partial charge is 0.484 e. The molecule has 1 amide bonds. The van der Waals surface area contributed by atoms with Gasteiger partial charge in [-0.1, -0.05) is 42.5 Å². The molecule has 0 spiro atoms. The standard InChI is InChI=1S/C31H22N6O3/c38-29(20-40-26-13-11-22(12-14-26)30(39)21-6-2-1-3-7-21)33-25-10-4-8-23(18-25)27-15-16-28-34-35-31(37(28)36-27)24-9-5-17-32-19-24/h1-19H,20H2,(H,33,38). The Morgan fingerprint density at radius 3 is 2.38 bits per heavy atom. The number of rotatable bonds is 8. The molecule has 0 saturated carbocycles. The summed E-state index contributed by atoms with van der Waals surface area (Å²) in [5.41, 5.74) is 4.68. The van der Waals surface area contributed by atoms with Crippen LogP contribution in [0.5, 0.6) is 5.75 Å². The minimum Gasteiger partial charge on any atom is -0.484 e. The van der Waals surface area contributed by atoms with Gasteiger partial charge in [0, 0.05) is 40.3 Å². The van der Waals surface area contributed by atoms with Gasteiger partial charge in [0.25, 0.3) is 5.91 Å². The summed E-state index contributed by atoms with van der Waals surface area (Å²) in [6.07, 6.45) is 3.41. The number of hydrogen-bond donors (Lipinski definition) is 1. The normalized spacial score (nSPS) is 10.8. The molecule has 9 nitrogen and oxygen atoms in total. The summed E-state index contributed by atoms with van der Waals surface area (Å²) in [5, 5.41) is 16.0. The van der Waals surface area contributed by atoms with Crippen LogP contribution in [0.4, 0.5) is 5.69 Å². The Morgan fingerprint density at radius 1 is 0.775 bits per heavy atom. The van der Waals surface area contributed by atoms with E-state index in [9.17, 15) is 9.59 Å². The van der Waals surface area contributed by atoms with Gasteiger partial charge in [-0.2, -0.15) is 9.61 Å². The van der Waals surface area contributed by atoms with Crippen LogP contribution in [0.15, 0.2) is 116 Å². The molecule has 6 aromatic rings. The molecule has 0 aliphatic carbocycles. The molecule has 0 bridgehead atoms. The van der Waals surface area contributed by atoms with Gasteiger partial charge in [0.05, 0.1) is 5.69 Å². The summed E-state index contributed by atoms with van der Waals surface area (Å²) in [4.78, 5) is 29.3. The third kappa shape index (κ3) is 5.30. The summed E-state index contributed by atoms with van der Waals surface area (Å²) in [6, 6.07) is 30.6. The fraction of sp³-hybridized carbons (Fsp3) is 0.0323. The van der Waals surface area contributed by atoms with Crippen LogP contribution in [0.2, 0.25) is 0 Å². The molecule has 0 fully saturated rings. The maximum absolute atomic E-state index is 12.6. The molecule has 3 heterocycles. The van der Waals surface area contributed by atoms with Gasteiger partial charge in [0.1, 0.15) is 5.75 Å². The highest BCUT2D eigenvalue weighted by Gasteiger charge is 2.12. The average molecular weight is 527 g/mol. The van der Waals surface area contributed by atoms with Gasteiger partial charge in [-0.3, -0.25) is 14.6 Å². The second kappa shape index (κ2) is 11.0. The molecule has 0 saturated heterocycles. The lowest BCUT2D eigenvalue weighted by Gasteiger charge is -2.10. The van der Waals surface area contributed by atoms with E-state index in [-0.39, 0.29) is 18.3 Å². The van der Waals surface area contributed by atoms with Gasteiger partial charge >= 0.3 is 0 Å².